The smallest absolute Gasteiger partial charge is 0.170 e. The zero-order chi connectivity index (χ0) is 15.0. The molecule has 1 unspecified atom stereocenters. The van der Waals surface area contributed by atoms with Crippen LogP contribution in [0, 0.1) is 5.92 Å². The Kier molecular flexibility index (Phi) is 6.87. The molecule has 0 spiro atoms. The molecule has 5 nitrogen and oxygen atoms in total. The third kappa shape index (κ3) is 4.74. The Labute approximate surface area is 120 Å². The quantitative estimate of drug-likeness (QED) is 0.332. The van der Waals surface area contributed by atoms with E-state index in [1.165, 1.54) is 0 Å². The predicted molar refractivity (Wildman–Crippen MR) is 79.2 cm³/mol. The second-order valence-corrected chi connectivity index (χ2v) is 4.92. The molecule has 112 valence electrons. The maximum Gasteiger partial charge on any atom is 0.170 e. The number of methoxy groups -OCH3 is 1. The summed E-state index contributed by atoms with van der Waals surface area (Å²) >= 11 is 0. The fraction of sp³-hybridized carbons (Fsp3) is 0.533. The van der Waals surface area contributed by atoms with Crippen molar-refractivity contribution in [1.82, 2.24) is 0 Å². The minimum atomic E-state index is 0.0771. The van der Waals surface area contributed by atoms with Crippen LogP contribution in [-0.4, -0.2) is 24.8 Å². The number of oxime groups is 1. The topological polar surface area (TPSA) is 77.1 Å². The third-order valence-corrected chi connectivity index (χ3v) is 3.13. The molecule has 0 aliphatic heterocycles. The Morgan fingerprint density at radius 2 is 2.20 bits per heavy atom. The Morgan fingerprint density at radius 1 is 1.45 bits per heavy atom. The molecule has 0 aliphatic rings. The molecule has 20 heavy (non-hydrogen) atoms. The molecule has 0 bridgehead atoms. The van der Waals surface area contributed by atoms with Crippen LogP contribution in [0.15, 0.2) is 23.4 Å². The van der Waals surface area contributed by atoms with E-state index >= 15 is 0 Å². The van der Waals surface area contributed by atoms with Gasteiger partial charge in [-0.1, -0.05) is 25.4 Å². The maximum atomic E-state index is 8.71. The van der Waals surface area contributed by atoms with E-state index in [9.17, 15) is 0 Å². The Balaban J connectivity index is 2.71. The summed E-state index contributed by atoms with van der Waals surface area (Å²) in [5, 5.41) is 11.7. The van der Waals surface area contributed by atoms with Gasteiger partial charge in [0.25, 0.3) is 0 Å². The lowest BCUT2D eigenvalue weighted by Crippen LogP contribution is -2.14. The van der Waals surface area contributed by atoms with Crippen molar-refractivity contribution in [3.8, 4) is 5.75 Å². The lowest BCUT2D eigenvalue weighted by Gasteiger charge is -2.13. The molecule has 3 N–H and O–H groups in total. The lowest BCUT2D eigenvalue weighted by molar-refractivity contribution is 0.0879. The first-order valence-electron chi connectivity index (χ1n) is 6.84. The van der Waals surface area contributed by atoms with Crippen molar-refractivity contribution in [2.24, 2.45) is 16.8 Å². The molecule has 0 fully saturated rings. The summed E-state index contributed by atoms with van der Waals surface area (Å²) < 4.78 is 11.0. The maximum absolute atomic E-state index is 8.71. The van der Waals surface area contributed by atoms with Crippen LogP contribution >= 0.6 is 0 Å². The van der Waals surface area contributed by atoms with Gasteiger partial charge in [0.2, 0.25) is 0 Å². The Hall–Kier alpha value is -1.75. The molecule has 1 aromatic carbocycles. The molecule has 1 rings (SSSR count). The zero-order valence-electron chi connectivity index (χ0n) is 12.4. The van der Waals surface area contributed by atoms with Crippen molar-refractivity contribution >= 4 is 5.84 Å². The molecule has 0 aromatic heterocycles. The number of ether oxygens (including phenoxy) is 2. The number of hydrogen-bond donors (Lipinski definition) is 2. The highest BCUT2D eigenvalue weighted by atomic mass is 16.5. The number of hydrogen-bond acceptors (Lipinski definition) is 4. The summed E-state index contributed by atoms with van der Waals surface area (Å²) in [6, 6.07) is 5.36. The van der Waals surface area contributed by atoms with Crippen LogP contribution in [0.2, 0.25) is 0 Å². The van der Waals surface area contributed by atoms with Crippen molar-refractivity contribution in [3.63, 3.8) is 0 Å². The van der Waals surface area contributed by atoms with Gasteiger partial charge in [-0.15, -0.1) is 0 Å². The minimum Gasteiger partial charge on any atom is -0.496 e. The standard InChI is InChI=1S/C15H24N2O3/c1-4-5-11(2)9-20-10-13-8-12(15(16)17-18)6-7-14(13)19-3/h6-8,11,18H,4-5,9-10H2,1-3H3,(H2,16,17). The van der Waals surface area contributed by atoms with Gasteiger partial charge in [0.05, 0.1) is 13.7 Å². The molecule has 1 atom stereocenters. The number of rotatable bonds is 8. The van der Waals surface area contributed by atoms with Gasteiger partial charge < -0.3 is 20.4 Å². The average Bonchev–Trinajstić information content (AvgIpc) is 2.46. The summed E-state index contributed by atoms with van der Waals surface area (Å²) in [5.41, 5.74) is 7.13. The molecule has 0 saturated carbocycles. The number of nitrogens with zero attached hydrogens (tertiary/aromatic N) is 1. The summed E-state index contributed by atoms with van der Waals surface area (Å²) in [6.07, 6.45) is 2.31. The first-order valence-corrected chi connectivity index (χ1v) is 6.84. The summed E-state index contributed by atoms with van der Waals surface area (Å²) in [6.45, 7) is 5.50. The zero-order valence-corrected chi connectivity index (χ0v) is 12.4. The van der Waals surface area contributed by atoms with E-state index in [1.807, 2.05) is 6.07 Å². The van der Waals surface area contributed by atoms with Crippen molar-refractivity contribution in [2.75, 3.05) is 13.7 Å². The minimum absolute atomic E-state index is 0.0771. The van der Waals surface area contributed by atoms with Crippen LogP contribution in [0.3, 0.4) is 0 Å². The van der Waals surface area contributed by atoms with Crippen LogP contribution in [0.4, 0.5) is 0 Å². The highest BCUT2D eigenvalue weighted by Crippen LogP contribution is 2.21. The third-order valence-electron chi connectivity index (χ3n) is 3.13. The molecule has 0 aliphatic carbocycles. The van der Waals surface area contributed by atoms with Gasteiger partial charge in [-0.25, -0.2) is 0 Å². The summed E-state index contributed by atoms with van der Waals surface area (Å²) in [4.78, 5) is 0. The molecular formula is C15H24N2O3. The number of benzene rings is 1. The van der Waals surface area contributed by atoms with Crippen LogP contribution in [0.25, 0.3) is 0 Å². The normalized spacial score (nSPS) is 13.2. The van der Waals surface area contributed by atoms with E-state index in [0.717, 1.165) is 24.2 Å². The lowest BCUT2D eigenvalue weighted by atomic mass is 10.1. The van der Waals surface area contributed by atoms with Crippen LogP contribution in [0.1, 0.15) is 37.8 Å². The fourth-order valence-electron chi connectivity index (χ4n) is 2.05. The van der Waals surface area contributed by atoms with Crippen molar-refractivity contribution in [2.45, 2.75) is 33.3 Å². The first-order chi connectivity index (χ1) is 9.62. The average molecular weight is 280 g/mol. The van der Waals surface area contributed by atoms with Crippen LogP contribution in [0.5, 0.6) is 5.75 Å². The Morgan fingerprint density at radius 3 is 2.80 bits per heavy atom. The van der Waals surface area contributed by atoms with E-state index < -0.39 is 0 Å². The summed E-state index contributed by atoms with van der Waals surface area (Å²) in [7, 11) is 1.61. The largest absolute Gasteiger partial charge is 0.496 e. The molecule has 5 heteroatoms. The van der Waals surface area contributed by atoms with Gasteiger partial charge >= 0.3 is 0 Å². The second kappa shape index (κ2) is 8.43. The monoisotopic (exact) mass is 280 g/mol. The molecular weight excluding hydrogens is 256 g/mol. The molecule has 0 radical (unpaired) electrons. The Bertz CT molecular complexity index is 447. The van der Waals surface area contributed by atoms with E-state index in [4.69, 9.17) is 20.4 Å². The van der Waals surface area contributed by atoms with E-state index in [-0.39, 0.29) is 5.84 Å². The SMILES string of the molecule is CCCC(C)COCc1cc(/C(N)=N/O)ccc1OC. The predicted octanol–water partition coefficient (Wildman–Crippen LogP) is 2.74. The van der Waals surface area contributed by atoms with Gasteiger partial charge in [0.15, 0.2) is 5.84 Å². The van der Waals surface area contributed by atoms with E-state index in [1.54, 1.807) is 19.2 Å². The number of nitrogens with two attached hydrogens (primary N) is 1. The molecule has 1 aromatic rings. The van der Waals surface area contributed by atoms with Crippen molar-refractivity contribution in [1.29, 1.82) is 0 Å². The second-order valence-electron chi connectivity index (χ2n) is 4.92. The van der Waals surface area contributed by atoms with Crippen LogP contribution < -0.4 is 10.5 Å². The molecule has 0 amide bonds. The van der Waals surface area contributed by atoms with Gasteiger partial charge in [-0.3, -0.25) is 0 Å². The highest BCUT2D eigenvalue weighted by Gasteiger charge is 2.08. The first kappa shape index (κ1) is 16.3. The molecule has 0 heterocycles. The number of amidine groups is 1. The van der Waals surface area contributed by atoms with Gasteiger partial charge in [-0.05, 0) is 30.5 Å². The molecule has 0 saturated heterocycles. The van der Waals surface area contributed by atoms with E-state index in [2.05, 4.69) is 19.0 Å². The van der Waals surface area contributed by atoms with Gasteiger partial charge in [0, 0.05) is 17.7 Å². The van der Waals surface area contributed by atoms with Crippen molar-refractivity contribution in [3.05, 3.63) is 29.3 Å². The van der Waals surface area contributed by atoms with Gasteiger partial charge in [-0.2, -0.15) is 0 Å². The van der Waals surface area contributed by atoms with Crippen molar-refractivity contribution < 1.29 is 14.7 Å². The summed E-state index contributed by atoms with van der Waals surface area (Å²) in [5.74, 6) is 1.36. The van der Waals surface area contributed by atoms with E-state index in [0.29, 0.717) is 24.7 Å². The highest BCUT2D eigenvalue weighted by molar-refractivity contribution is 5.97. The fourth-order valence-corrected chi connectivity index (χ4v) is 2.05. The van der Waals surface area contributed by atoms with Crippen LogP contribution in [-0.2, 0) is 11.3 Å². The van der Waals surface area contributed by atoms with Gasteiger partial charge in [0.1, 0.15) is 5.75 Å².